The molecule has 0 saturated heterocycles. The Kier molecular flexibility index (Phi) is 5.70. The Hall–Kier alpha value is -2.94. The number of benzene rings is 2. The van der Waals surface area contributed by atoms with Crippen LogP contribution in [-0.2, 0) is 20.2 Å². The molecule has 2 atom stereocenters. The quantitative estimate of drug-likeness (QED) is 0.753. The molecule has 0 saturated carbocycles. The van der Waals surface area contributed by atoms with Crippen molar-refractivity contribution in [1.29, 1.82) is 0 Å². The van der Waals surface area contributed by atoms with Gasteiger partial charge in [0.15, 0.2) is 17.6 Å². The molecule has 1 N–H and O–H groups in total. The van der Waals surface area contributed by atoms with E-state index in [0.717, 1.165) is 11.8 Å². The van der Waals surface area contributed by atoms with Gasteiger partial charge in [0, 0.05) is 0 Å². The molecular formula is C23H28N2O6S. The highest BCUT2D eigenvalue weighted by Crippen LogP contribution is 2.38. The van der Waals surface area contributed by atoms with Crippen LogP contribution in [0.1, 0.15) is 26.3 Å². The molecule has 32 heavy (non-hydrogen) atoms. The summed E-state index contributed by atoms with van der Waals surface area (Å²) in [4.78, 5) is 12.8. The number of nitrogens with one attached hydrogen (secondary N) is 1. The number of sulfonamides is 1. The Bertz CT molecular complexity index is 1130. The van der Waals surface area contributed by atoms with Gasteiger partial charge in [0.1, 0.15) is 18.5 Å². The van der Waals surface area contributed by atoms with Crippen LogP contribution in [0.5, 0.6) is 17.2 Å². The molecule has 2 aliphatic heterocycles. The van der Waals surface area contributed by atoms with Crippen molar-refractivity contribution in [3.63, 3.8) is 0 Å². The van der Waals surface area contributed by atoms with Gasteiger partial charge in [-0.05, 0) is 35.2 Å². The molecular weight excluding hydrogens is 432 g/mol. The van der Waals surface area contributed by atoms with Crippen LogP contribution in [0, 0.1) is 0 Å². The monoisotopic (exact) mass is 460 g/mol. The SMILES string of the molecule is CC(C)(C)c1ccc2c(c1)N(S(C)(=O)=O)C[C@@H](C(=O)NC[C@@H]1COc3ccccc3O1)O2. The highest BCUT2D eigenvalue weighted by atomic mass is 32.2. The number of carbonyl (C=O) groups is 1. The molecule has 2 aromatic carbocycles. The van der Waals surface area contributed by atoms with Crippen LogP contribution in [0.4, 0.5) is 5.69 Å². The van der Waals surface area contributed by atoms with Crippen LogP contribution in [0.25, 0.3) is 0 Å². The van der Waals surface area contributed by atoms with Crippen LogP contribution < -0.4 is 23.8 Å². The Labute approximate surface area is 188 Å². The maximum Gasteiger partial charge on any atom is 0.263 e. The fourth-order valence-electron chi connectivity index (χ4n) is 3.66. The zero-order chi connectivity index (χ0) is 23.1. The third kappa shape index (κ3) is 4.62. The van der Waals surface area contributed by atoms with Gasteiger partial charge in [0.25, 0.3) is 5.91 Å². The van der Waals surface area contributed by atoms with Crippen molar-refractivity contribution >= 4 is 21.6 Å². The predicted octanol–water partition coefficient (Wildman–Crippen LogP) is 2.47. The number of rotatable bonds is 4. The van der Waals surface area contributed by atoms with E-state index in [1.165, 1.54) is 4.31 Å². The smallest absolute Gasteiger partial charge is 0.263 e. The number of nitrogens with zero attached hydrogens (tertiary/aromatic N) is 1. The highest BCUT2D eigenvalue weighted by molar-refractivity contribution is 7.92. The fraction of sp³-hybridized carbons (Fsp3) is 0.435. The number of ether oxygens (including phenoxy) is 3. The minimum Gasteiger partial charge on any atom is -0.486 e. The molecule has 0 spiro atoms. The maximum atomic E-state index is 12.8. The first kappa shape index (κ1) is 22.3. The van der Waals surface area contributed by atoms with Crippen LogP contribution in [0.15, 0.2) is 42.5 Å². The van der Waals surface area contributed by atoms with Gasteiger partial charge in [-0.3, -0.25) is 9.10 Å². The molecule has 2 aromatic rings. The third-order valence-corrected chi connectivity index (χ3v) is 6.61. The van der Waals surface area contributed by atoms with Gasteiger partial charge < -0.3 is 19.5 Å². The number of fused-ring (bicyclic) bond motifs is 2. The van der Waals surface area contributed by atoms with Gasteiger partial charge in [-0.15, -0.1) is 0 Å². The van der Waals surface area contributed by atoms with Crippen molar-refractivity contribution in [2.24, 2.45) is 0 Å². The lowest BCUT2D eigenvalue weighted by Gasteiger charge is -2.35. The van der Waals surface area contributed by atoms with E-state index in [2.05, 4.69) is 26.1 Å². The van der Waals surface area contributed by atoms with Crippen molar-refractivity contribution in [1.82, 2.24) is 5.32 Å². The Morgan fingerprint density at radius 2 is 1.81 bits per heavy atom. The molecule has 0 aromatic heterocycles. The molecule has 0 bridgehead atoms. The summed E-state index contributed by atoms with van der Waals surface area (Å²) in [6, 6.07) is 12.8. The largest absolute Gasteiger partial charge is 0.486 e. The van der Waals surface area contributed by atoms with Gasteiger partial charge in [-0.2, -0.15) is 0 Å². The number of carbonyl (C=O) groups excluding carboxylic acids is 1. The van der Waals surface area contributed by atoms with Crippen molar-refractivity contribution in [2.75, 3.05) is 30.3 Å². The normalized spacial score (nSPS) is 20.2. The Morgan fingerprint density at radius 3 is 2.50 bits per heavy atom. The molecule has 0 radical (unpaired) electrons. The van der Waals surface area contributed by atoms with Crippen LogP contribution in [-0.4, -0.2) is 52.5 Å². The molecule has 0 aliphatic carbocycles. The second-order valence-corrected chi connectivity index (χ2v) is 11.0. The fourth-order valence-corrected chi connectivity index (χ4v) is 4.57. The average Bonchev–Trinajstić information content (AvgIpc) is 2.74. The van der Waals surface area contributed by atoms with E-state index >= 15 is 0 Å². The maximum absolute atomic E-state index is 12.8. The van der Waals surface area contributed by atoms with Crippen molar-refractivity contribution in [3.05, 3.63) is 48.0 Å². The lowest BCUT2D eigenvalue weighted by Crippen LogP contribution is -2.52. The minimum atomic E-state index is -3.61. The molecule has 0 fully saturated rings. The number of para-hydroxylation sites is 2. The number of amides is 1. The molecule has 8 nitrogen and oxygen atoms in total. The summed E-state index contributed by atoms with van der Waals surface area (Å²) < 4.78 is 43.7. The van der Waals surface area contributed by atoms with Crippen LogP contribution in [0.2, 0.25) is 0 Å². The average molecular weight is 461 g/mol. The number of hydrogen-bond acceptors (Lipinski definition) is 6. The van der Waals surface area contributed by atoms with Crippen molar-refractivity contribution < 1.29 is 27.4 Å². The van der Waals surface area contributed by atoms with Gasteiger partial charge >= 0.3 is 0 Å². The van der Waals surface area contributed by atoms with E-state index in [0.29, 0.717) is 29.5 Å². The molecule has 2 aliphatic rings. The summed E-state index contributed by atoms with van der Waals surface area (Å²) in [5.41, 5.74) is 1.27. The van der Waals surface area contributed by atoms with E-state index in [9.17, 15) is 13.2 Å². The Balaban J connectivity index is 1.47. The van der Waals surface area contributed by atoms with E-state index < -0.39 is 22.0 Å². The summed E-state index contributed by atoms with van der Waals surface area (Å²) in [5.74, 6) is 1.24. The van der Waals surface area contributed by atoms with Crippen LogP contribution in [0.3, 0.4) is 0 Å². The molecule has 1 amide bonds. The van der Waals surface area contributed by atoms with Crippen LogP contribution >= 0.6 is 0 Å². The highest BCUT2D eigenvalue weighted by Gasteiger charge is 2.36. The first-order chi connectivity index (χ1) is 15.0. The number of anilines is 1. The minimum absolute atomic E-state index is 0.101. The van der Waals surface area contributed by atoms with E-state index in [1.54, 1.807) is 12.1 Å². The van der Waals surface area contributed by atoms with E-state index in [1.807, 2.05) is 30.3 Å². The van der Waals surface area contributed by atoms with E-state index in [-0.39, 0.29) is 24.6 Å². The zero-order valence-electron chi connectivity index (χ0n) is 18.6. The summed E-state index contributed by atoms with van der Waals surface area (Å²) in [7, 11) is -3.61. The second kappa shape index (κ2) is 8.20. The van der Waals surface area contributed by atoms with Gasteiger partial charge in [0.05, 0.1) is 25.0 Å². The zero-order valence-corrected chi connectivity index (χ0v) is 19.4. The lowest BCUT2D eigenvalue weighted by atomic mass is 9.86. The molecule has 172 valence electrons. The summed E-state index contributed by atoms with van der Waals surface area (Å²) in [6.45, 7) is 6.56. The second-order valence-electron chi connectivity index (χ2n) is 9.08. The molecule has 4 rings (SSSR count). The topological polar surface area (TPSA) is 94.2 Å². The third-order valence-electron chi connectivity index (χ3n) is 5.46. The van der Waals surface area contributed by atoms with Crippen molar-refractivity contribution in [3.8, 4) is 17.2 Å². The van der Waals surface area contributed by atoms with Gasteiger partial charge in [0.2, 0.25) is 10.0 Å². The predicted molar refractivity (Wildman–Crippen MR) is 121 cm³/mol. The molecule has 9 heteroatoms. The van der Waals surface area contributed by atoms with Crippen molar-refractivity contribution in [2.45, 2.75) is 38.4 Å². The first-order valence-electron chi connectivity index (χ1n) is 10.5. The molecule has 0 unspecified atom stereocenters. The summed E-state index contributed by atoms with van der Waals surface area (Å²) >= 11 is 0. The van der Waals surface area contributed by atoms with E-state index in [4.69, 9.17) is 14.2 Å². The van der Waals surface area contributed by atoms with Gasteiger partial charge in [-0.25, -0.2) is 8.42 Å². The van der Waals surface area contributed by atoms with Gasteiger partial charge in [-0.1, -0.05) is 39.0 Å². The summed E-state index contributed by atoms with van der Waals surface area (Å²) in [6.07, 6.45) is -0.203. The summed E-state index contributed by atoms with van der Waals surface area (Å²) in [5, 5.41) is 2.80. The standard InChI is InChI=1S/C23H28N2O6S/c1-23(2,3)15-9-10-18-17(11-15)25(32(4,27)28)13-21(31-18)22(26)24-12-16-14-29-19-7-5-6-8-20(19)30-16/h5-11,16,21H,12-14H2,1-4H3,(H,24,26)/t16-,21+/m1/s1. The lowest BCUT2D eigenvalue weighted by molar-refractivity contribution is -0.128. The first-order valence-corrected chi connectivity index (χ1v) is 12.3. The Morgan fingerprint density at radius 1 is 1.09 bits per heavy atom. The molecule has 2 heterocycles. The number of hydrogen-bond donors (Lipinski definition) is 1.